The number of ketones is 1. The molecule has 0 aromatic heterocycles. The Kier molecular flexibility index (Phi) is 4.45. The van der Waals surface area contributed by atoms with Gasteiger partial charge in [-0.15, -0.1) is 0 Å². The summed E-state index contributed by atoms with van der Waals surface area (Å²) >= 11 is 0. The van der Waals surface area contributed by atoms with E-state index in [-0.39, 0.29) is 5.78 Å². The van der Waals surface area contributed by atoms with Crippen molar-refractivity contribution in [3.8, 4) is 6.07 Å². The highest BCUT2D eigenvalue weighted by Gasteiger charge is 2.23. The van der Waals surface area contributed by atoms with Gasteiger partial charge in [0.05, 0.1) is 6.07 Å². The zero-order valence-corrected chi connectivity index (χ0v) is 10.9. The van der Waals surface area contributed by atoms with Crippen LogP contribution in [-0.4, -0.2) is 5.78 Å². The Bertz CT molecular complexity index is 434. The second-order valence-corrected chi connectivity index (χ2v) is 4.94. The van der Waals surface area contributed by atoms with Crippen molar-refractivity contribution >= 4 is 5.78 Å². The Morgan fingerprint density at radius 3 is 2.24 bits per heavy atom. The number of benzene rings is 1. The van der Waals surface area contributed by atoms with Crippen molar-refractivity contribution in [2.45, 2.75) is 34.1 Å². The van der Waals surface area contributed by atoms with Gasteiger partial charge in [0.15, 0.2) is 5.78 Å². The molecule has 0 fully saturated rings. The summed E-state index contributed by atoms with van der Waals surface area (Å²) in [5, 5.41) is 9.12. The molecule has 1 atom stereocenters. The average Bonchev–Trinajstić information content (AvgIpc) is 2.25. The minimum atomic E-state index is -0.519. The SMILES string of the molecule is Cc1cccc(C)c1C(=O)C(C#N)CC(C)C. The molecule has 0 radical (unpaired) electrons. The van der Waals surface area contributed by atoms with E-state index in [2.05, 4.69) is 6.07 Å². The molecule has 1 unspecified atom stereocenters. The first-order valence-corrected chi connectivity index (χ1v) is 5.97. The van der Waals surface area contributed by atoms with Gasteiger partial charge in [-0.25, -0.2) is 0 Å². The summed E-state index contributed by atoms with van der Waals surface area (Å²) in [6, 6.07) is 7.91. The van der Waals surface area contributed by atoms with Crippen LogP contribution in [0.1, 0.15) is 41.8 Å². The van der Waals surface area contributed by atoms with Crippen molar-refractivity contribution in [3.63, 3.8) is 0 Å². The molecule has 1 aromatic rings. The van der Waals surface area contributed by atoms with Crippen molar-refractivity contribution in [1.82, 2.24) is 0 Å². The Morgan fingerprint density at radius 1 is 1.29 bits per heavy atom. The van der Waals surface area contributed by atoms with Gasteiger partial charge in [-0.05, 0) is 37.3 Å². The van der Waals surface area contributed by atoms with Crippen LogP contribution in [-0.2, 0) is 0 Å². The van der Waals surface area contributed by atoms with Gasteiger partial charge < -0.3 is 0 Å². The lowest BCUT2D eigenvalue weighted by Gasteiger charge is -2.14. The Hall–Kier alpha value is -1.62. The maximum absolute atomic E-state index is 12.3. The fraction of sp³-hybridized carbons (Fsp3) is 0.467. The molecule has 0 N–H and O–H groups in total. The van der Waals surface area contributed by atoms with E-state index >= 15 is 0 Å². The molecule has 0 saturated carbocycles. The number of carbonyl (C=O) groups excluding carboxylic acids is 1. The van der Waals surface area contributed by atoms with Crippen molar-refractivity contribution < 1.29 is 4.79 Å². The first kappa shape index (κ1) is 13.4. The summed E-state index contributed by atoms with van der Waals surface area (Å²) in [6.07, 6.45) is 0.628. The van der Waals surface area contributed by atoms with E-state index in [0.29, 0.717) is 12.3 Å². The largest absolute Gasteiger partial charge is 0.293 e. The van der Waals surface area contributed by atoms with Crippen LogP contribution in [0.25, 0.3) is 0 Å². The third-order valence-corrected chi connectivity index (χ3v) is 2.91. The number of carbonyl (C=O) groups is 1. The Balaban J connectivity index is 3.07. The third kappa shape index (κ3) is 3.17. The minimum Gasteiger partial charge on any atom is -0.293 e. The van der Waals surface area contributed by atoms with Gasteiger partial charge in [-0.2, -0.15) is 5.26 Å². The monoisotopic (exact) mass is 229 g/mol. The van der Waals surface area contributed by atoms with E-state index < -0.39 is 5.92 Å². The van der Waals surface area contributed by atoms with E-state index in [1.54, 1.807) is 0 Å². The third-order valence-electron chi connectivity index (χ3n) is 2.91. The quantitative estimate of drug-likeness (QED) is 0.739. The maximum Gasteiger partial charge on any atom is 0.180 e. The zero-order valence-electron chi connectivity index (χ0n) is 10.9. The van der Waals surface area contributed by atoms with Gasteiger partial charge in [0.25, 0.3) is 0 Å². The maximum atomic E-state index is 12.3. The molecule has 0 heterocycles. The van der Waals surface area contributed by atoms with Crippen LogP contribution in [0.3, 0.4) is 0 Å². The molecule has 2 heteroatoms. The predicted molar refractivity (Wildman–Crippen MR) is 68.8 cm³/mol. The van der Waals surface area contributed by atoms with Crippen LogP contribution < -0.4 is 0 Å². The van der Waals surface area contributed by atoms with Gasteiger partial charge in [-0.1, -0.05) is 32.0 Å². The highest BCUT2D eigenvalue weighted by Crippen LogP contribution is 2.21. The molecule has 1 rings (SSSR count). The number of Topliss-reactive ketones (excluding diaryl/α,β-unsaturated/α-hetero) is 1. The van der Waals surface area contributed by atoms with Crippen molar-refractivity contribution in [1.29, 1.82) is 5.26 Å². The zero-order chi connectivity index (χ0) is 13.0. The molecule has 90 valence electrons. The van der Waals surface area contributed by atoms with E-state index in [0.717, 1.165) is 16.7 Å². The standard InChI is InChI=1S/C15H19NO/c1-10(2)8-13(9-16)15(17)14-11(3)6-5-7-12(14)4/h5-7,10,13H,8H2,1-4H3. The number of rotatable bonds is 4. The average molecular weight is 229 g/mol. The molecule has 0 aliphatic heterocycles. The smallest absolute Gasteiger partial charge is 0.180 e. The second kappa shape index (κ2) is 5.63. The van der Waals surface area contributed by atoms with Crippen LogP contribution >= 0.6 is 0 Å². The Morgan fingerprint density at radius 2 is 1.82 bits per heavy atom. The highest BCUT2D eigenvalue weighted by atomic mass is 16.1. The summed E-state index contributed by atoms with van der Waals surface area (Å²) in [5.74, 6) is -0.195. The molecule has 17 heavy (non-hydrogen) atoms. The first-order valence-electron chi connectivity index (χ1n) is 5.97. The first-order chi connectivity index (χ1) is 7.97. The van der Waals surface area contributed by atoms with Crippen LogP contribution in [0, 0.1) is 37.0 Å². The number of aryl methyl sites for hydroxylation is 2. The van der Waals surface area contributed by atoms with E-state index in [1.807, 2.05) is 45.9 Å². The normalized spacial score (nSPS) is 12.2. The molecule has 0 bridgehead atoms. The van der Waals surface area contributed by atoms with Gasteiger partial charge >= 0.3 is 0 Å². The Labute approximate surface area is 103 Å². The summed E-state index contributed by atoms with van der Waals surface area (Å²) < 4.78 is 0. The number of hydrogen-bond acceptors (Lipinski definition) is 2. The number of hydrogen-bond donors (Lipinski definition) is 0. The topological polar surface area (TPSA) is 40.9 Å². The lowest BCUT2D eigenvalue weighted by atomic mass is 9.87. The summed E-state index contributed by atoms with van der Waals surface area (Å²) in [7, 11) is 0. The second-order valence-electron chi connectivity index (χ2n) is 4.94. The van der Waals surface area contributed by atoms with Crippen LogP contribution in [0.2, 0.25) is 0 Å². The molecule has 0 aliphatic rings. The molecule has 0 spiro atoms. The number of nitriles is 1. The van der Waals surface area contributed by atoms with Crippen molar-refractivity contribution in [3.05, 3.63) is 34.9 Å². The van der Waals surface area contributed by atoms with Gasteiger partial charge in [-0.3, -0.25) is 4.79 Å². The molecular formula is C15H19NO. The van der Waals surface area contributed by atoms with Crippen molar-refractivity contribution in [2.75, 3.05) is 0 Å². The summed E-state index contributed by atoms with van der Waals surface area (Å²) in [4.78, 5) is 12.3. The van der Waals surface area contributed by atoms with Gasteiger partial charge in [0.1, 0.15) is 5.92 Å². The molecule has 0 aliphatic carbocycles. The molecule has 2 nitrogen and oxygen atoms in total. The van der Waals surface area contributed by atoms with E-state index in [1.165, 1.54) is 0 Å². The lowest BCUT2D eigenvalue weighted by molar-refractivity contribution is 0.0935. The molecule has 0 saturated heterocycles. The van der Waals surface area contributed by atoms with Crippen LogP contribution in [0.5, 0.6) is 0 Å². The van der Waals surface area contributed by atoms with E-state index in [9.17, 15) is 4.79 Å². The lowest BCUT2D eigenvalue weighted by Crippen LogP contribution is -2.17. The molecular weight excluding hydrogens is 210 g/mol. The van der Waals surface area contributed by atoms with E-state index in [4.69, 9.17) is 5.26 Å². The fourth-order valence-corrected chi connectivity index (χ4v) is 2.07. The number of nitrogens with zero attached hydrogens (tertiary/aromatic N) is 1. The molecule has 1 aromatic carbocycles. The fourth-order valence-electron chi connectivity index (χ4n) is 2.07. The molecule has 0 amide bonds. The van der Waals surface area contributed by atoms with Gasteiger partial charge in [0, 0.05) is 5.56 Å². The van der Waals surface area contributed by atoms with Gasteiger partial charge in [0.2, 0.25) is 0 Å². The van der Waals surface area contributed by atoms with Crippen LogP contribution in [0.4, 0.5) is 0 Å². The minimum absolute atomic E-state index is 0.0307. The summed E-state index contributed by atoms with van der Waals surface area (Å²) in [5.41, 5.74) is 2.64. The highest BCUT2D eigenvalue weighted by molar-refractivity contribution is 6.01. The predicted octanol–water partition coefficient (Wildman–Crippen LogP) is 3.67. The summed E-state index contributed by atoms with van der Waals surface area (Å²) in [6.45, 7) is 7.90. The van der Waals surface area contributed by atoms with Crippen LogP contribution in [0.15, 0.2) is 18.2 Å². The van der Waals surface area contributed by atoms with Crippen molar-refractivity contribution in [2.24, 2.45) is 11.8 Å².